The number of anilines is 2. The molecule has 2 N–H and O–H groups in total. The summed E-state index contributed by atoms with van der Waals surface area (Å²) in [6, 6.07) is 10.2. The van der Waals surface area contributed by atoms with E-state index in [0.29, 0.717) is 30.2 Å². The Bertz CT molecular complexity index is 942. The fraction of sp³-hybridized carbons (Fsp3) is 0.353. The highest BCUT2D eigenvalue weighted by molar-refractivity contribution is 7.90. The van der Waals surface area contributed by atoms with Gasteiger partial charge in [-0.2, -0.15) is 18.0 Å². The maximum atomic E-state index is 12.7. The van der Waals surface area contributed by atoms with Gasteiger partial charge in [-0.05, 0) is 31.2 Å². The normalized spacial score (nSPS) is 18.1. The van der Waals surface area contributed by atoms with Crippen LogP contribution in [0, 0.1) is 11.3 Å². The van der Waals surface area contributed by atoms with E-state index in [9.17, 15) is 8.42 Å². The average molecular weight is 388 g/mol. The first kappa shape index (κ1) is 19.0. The van der Waals surface area contributed by atoms with Gasteiger partial charge in [0.2, 0.25) is 0 Å². The third kappa shape index (κ3) is 4.33. The Balaban J connectivity index is 1.69. The molecule has 0 spiro atoms. The van der Waals surface area contributed by atoms with Crippen molar-refractivity contribution in [3.63, 3.8) is 0 Å². The number of piperazine rings is 1. The second-order valence-corrected chi connectivity index (χ2v) is 7.87. The van der Waals surface area contributed by atoms with Crippen molar-refractivity contribution in [2.24, 2.45) is 0 Å². The van der Waals surface area contributed by atoms with Gasteiger partial charge in [-0.15, -0.1) is 0 Å². The van der Waals surface area contributed by atoms with E-state index in [1.165, 1.54) is 16.6 Å². The first-order valence-corrected chi connectivity index (χ1v) is 9.84. The number of pyridine rings is 2. The average Bonchev–Trinajstić information content (AvgIpc) is 2.68. The standard InChI is InChI=1S/C17H20N6O3S/c1-13-11-22(7-8-23(13)17-6-5-14(9-18)10-19-17)27(25,26)21-16-4-2-3-15(12-24)20-16/h2-6,10,13,24H,7-8,11-12H2,1H3,(H,20,21)/t13-/m1/s1. The zero-order chi connectivity index (χ0) is 19.4. The fourth-order valence-electron chi connectivity index (χ4n) is 2.93. The minimum absolute atomic E-state index is 0.0903. The number of aromatic nitrogens is 2. The lowest BCUT2D eigenvalue weighted by atomic mass is 10.2. The van der Waals surface area contributed by atoms with Crippen LogP contribution in [0.1, 0.15) is 18.2 Å². The molecule has 0 amide bonds. The lowest BCUT2D eigenvalue weighted by Crippen LogP contribution is -2.55. The third-order valence-corrected chi connectivity index (χ3v) is 5.78. The number of hydrogen-bond donors (Lipinski definition) is 2. The molecular formula is C17H20N6O3S. The molecule has 2 aromatic heterocycles. The van der Waals surface area contributed by atoms with Gasteiger partial charge in [0.15, 0.2) is 0 Å². The van der Waals surface area contributed by atoms with Crippen LogP contribution < -0.4 is 9.62 Å². The van der Waals surface area contributed by atoms with Crippen molar-refractivity contribution in [1.82, 2.24) is 14.3 Å². The zero-order valence-electron chi connectivity index (χ0n) is 14.8. The molecule has 1 fully saturated rings. The first-order valence-electron chi connectivity index (χ1n) is 8.40. The van der Waals surface area contributed by atoms with Crippen LogP contribution in [0.4, 0.5) is 11.6 Å². The van der Waals surface area contributed by atoms with Crippen molar-refractivity contribution in [2.75, 3.05) is 29.3 Å². The largest absolute Gasteiger partial charge is 0.390 e. The summed E-state index contributed by atoms with van der Waals surface area (Å²) in [5, 5.41) is 18.0. The minimum Gasteiger partial charge on any atom is -0.390 e. The molecular weight excluding hydrogens is 368 g/mol. The summed E-state index contributed by atoms with van der Waals surface area (Å²) >= 11 is 0. The number of aliphatic hydroxyl groups is 1. The predicted octanol–water partition coefficient (Wildman–Crippen LogP) is 0.708. The Morgan fingerprint density at radius 3 is 2.78 bits per heavy atom. The second-order valence-electron chi connectivity index (χ2n) is 6.20. The van der Waals surface area contributed by atoms with Crippen LogP contribution in [0.5, 0.6) is 0 Å². The SMILES string of the molecule is C[C@@H]1CN(S(=O)(=O)Nc2cccc(CO)n2)CCN1c1ccc(C#N)cn1. The van der Waals surface area contributed by atoms with Crippen molar-refractivity contribution < 1.29 is 13.5 Å². The quantitative estimate of drug-likeness (QED) is 0.773. The second kappa shape index (κ2) is 7.87. The molecule has 1 aliphatic rings. The molecule has 142 valence electrons. The monoisotopic (exact) mass is 388 g/mol. The highest BCUT2D eigenvalue weighted by atomic mass is 32.2. The van der Waals surface area contributed by atoms with E-state index in [-0.39, 0.29) is 25.0 Å². The Morgan fingerprint density at radius 1 is 1.33 bits per heavy atom. The number of rotatable bonds is 5. The van der Waals surface area contributed by atoms with Crippen LogP contribution in [-0.4, -0.2) is 53.5 Å². The summed E-state index contributed by atoms with van der Waals surface area (Å²) in [5.41, 5.74) is 0.870. The smallest absolute Gasteiger partial charge is 0.302 e. The Hall–Kier alpha value is -2.74. The number of nitriles is 1. The number of aliphatic hydroxyl groups excluding tert-OH is 1. The summed E-state index contributed by atoms with van der Waals surface area (Å²) < 4.78 is 29.2. The number of nitrogens with zero attached hydrogens (tertiary/aromatic N) is 5. The van der Waals surface area contributed by atoms with E-state index in [2.05, 4.69) is 14.7 Å². The maximum Gasteiger partial charge on any atom is 0.302 e. The molecule has 27 heavy (non-hydrogen) atoms. The van der Waals surface area contributed by atoms with Gasteiger partial charge in [0.05, 0.1) is 17.9 Å². The van der Waals surface area contributed by atoms with Crippen LogP contribution in [0.25, 0.3) is 0 Å². The Morgan fingerprint density at radius 2 is 2.15 bits per heavy atom. The van der Waals surface area contributed by atoms with E-state index < -0.39 is 10.2 Å². The van der Waals surface area contributed by atoms with Gasteiger partial charge in [-0.1, -0.05) is 6.07 Å². The minimum atomic E-state index is -3.76. The van der Waals surface area contributed by atoms with E-state index in [0.717, 1.165) is 0 Å². The van der Waals surface area contributed by atoms with Crippen molar-refractivity contribution in [2.45, 2.75) is 19.6 Å². The van der Waals surface area contributed by atoms with Crippen molar-refractivity contribution in [3.05, 3.63) is 47.8 Å². The van der Waals surface area contributed by atoms with Gasteiger partial charge in [-0.25, -0.2) is 9.97 Å². The summed E-state index contributed by atoms with van der Waals surface area (Å²) in [7, 11) is -3.76. The van der Waals surface area contributed by atoms with Gasteiger partial charge >= 0.3 is 10.2 Å². The number of nitrogens with one attached hydrogen (secondary N) is 1. The summed E-state index contributed by atoms with van der Waals surface area (Å²) in [6.45, 7) is 2.72. The summed E-state index contributed by atoms with van der Waals surface area (Å²) in [5.74, 6) is 0.884. The molecule has 0 aromatic carbocycles. The molecule has 0 unspecified atom stereocenters. The van der Waals surface area contributed by atoms with Gasteiger partial charge in [0, 0.05) is 31.9 Å². The zero-order valence-corrected chi connectivity index (χ0v) is 15.6. The molecule has 3 heterocycles. The van der Waals surface area contributed by atoms with Crippen LogP contribution in [-0.2, 0) is 16.8 Å². The predicted molar refractivity (Wildman–Crippen MR) is 100 cm³/mol. The topological polar surface area (TPSA) is 122 Å². The lowest BCUT2D eigenvalue weighted by Gasteiger charge is -2.39. The Labute approximate surface area is 158 Å². The molecule has 0 aliphatic carbocycles. The van der Waals surface area contributed by atoms with Gasteiger partial charge in [-0.3, -0.25) is 4.72 Å². The summed E-state index contributed by atoms with van der Waals surface area (Å²) in [6.07, 6.45) is 1.51. The van der Waals surface area contributed by atoms with Crippen molar-refractivity contribution in [1.29, 1.82) is 5.26 Å². The van der Waals surface area contributed by atoms with E-state index >= 15 is 0 Å². The molecule has 3 rings (SSSR count). The molecule has 1 atom stereocenters. The molecule has 10 heteroatoms. The number of hydrogen-bond acceptors (Lipinski definition) is 7. The van der Waals surface area contributed by atoms with E-state index in [1.807, 2.05) is 17.9 Å². The lowest BCUT2D eigenvalue weighted by molar-refractivity contribution is 0.277. The van der Waals surface area contributed by atoms with Crippen LogP contribution in [0.3, 0.4) is 0 Å². The van der Waals surface area contributed by atoms with Crippen molar-refractivity contribution >= 4 is 21.8 Å². The fourth-order valence-corrected chi connectivity index (χ4v) is 4.17. The maximum absolute atomic E-state index is 12.7. The van der Waals surface area contributed by atoms with Gasteiger partial charge in [0.25, 0.3) is 0 Å². The van der Waals surface area contributed by atoms with Crippen LogP contribution in [0.15, 0.2) is 36.5 Å². The molecule has 9 nitrogen and oxygen atoms in total. The van der Waals surface area contributed by atoms with Crippen LogP contribution >= 0.6 is 0 Å². The van der Waals surface area contributed by atoms with E-state index in [1.54, 1.807) is 24.3 Å². The Kier molecular flexibility index (Phi) is 5.55. The highest BCUT2D eigenvalue weighted by Gasteiger charge is 2.32. The third-order valence-electron chi connectivity index (χ3n) is 4.30. The van der Waals surface area contributed by atoms with Gasteiger partial charge in [0.1, 0.15) is 17.7 Å². The first-order chi connectivity index (χ1) is 12.9. The molecule has 0 bridgehead atoms. The van der Waals surface area contributed by atoms with Gasteiger partial charge < -0.3 is 10.0 Å². The van der Waals surface area contributed by atoms with E-state index in [4.69, 9.17) is 10.4 Å². The molecule has 2 aromatic rings. The molecule has 0 radical (unpaired) electrons. The summed E-state index contributed by atoms with van der Waals surface area (Å²) in [4.78, 5) is 10.4. The molecule has 1 saturated heterocycles. The van der Waals surface area contributed by atoms with Crippen LogP contribution in [0.2, 0.25) is 0 Å². The molecule has 1 aliphatic heterocycles. The van der Waals surface area contributed by atoms with Crippen molar-refractivity contribution in [3.8, 4) is 6.07 Å². The highest BCUT2D eigenvalue weighted by Crippen LogP contribution is 2.21. The molecule has 0 saturated carbocycles.